The minimum atomic E-state index is -0.750. The molecule has 0 heterocycles. The summed E-state index contributed by atoms with van der Waals surface area (Å²) in [7, 11) is 0. The number of nitrogens with zero attached hydrogens (tertiary/aromatic N) is 1. The minimum Gasteiger partial charge on any atom is -0.508 e. The molecular formula is C14H13FN2O4. The first kappa shape index (κ1) is 14.6. The Morgan fingerprint density at radius 2 is 1.81 bits per heavy atom. The Morgan fingerprint density at radius 1 is 1.19 bits per heavy atom. The largest absolute Gasteiger partial charge is 0.508 e. The van der Waals surface area contributed by atoms with Crippen molar-refractivity contribution in [2.45, 2.75) is 13.0 Å². The first-order valence-electron chi connectivity index (χ1n) is 6.10. The number of halogens is 1. The van der Waals surface area contributed by atoms with Gasteiger partial charge in [-0.3, -0.25) is 10.1 Å². The van der Waals surface area contributed by atoms with Crippen LogP contribution in [-0.2, 0) is 0 Å². The van der Waals surface area contributed by atoms with Crippen LogP contribution >= 0.6 is 0 Å². The quantitative estimate of drug-likeness (QED) is 0.593. The highest BCUT2D eigenvalue weighted by molar-refractivity contribution is 5.52. The van der Waals surface area contributed by atoms with Crippen LogP contribution in [0.5, 0.6) is 11.5 Å². The molecule has 3 N–H and O–H groups in total. The van der Waals surface area contributed by atoms with Crippen molar-refractivity contribution in [3.63, 3.8) is 0 Å². The normalized spacial score (nSPS) is 11.9. The van der Waals surface area contributed by atoms with Gasteiger partial charge in [-0.15, -0.1) is 0 Å². The summed E-state index contributed by atoms with van der Waals surface area (Å²) >= 11 is 0. The van der Waals surface area contributed by atoms with E-state index in [9.17, 15) is 24.7 Å². The maximum Gasteiger partial charge on any atom is 0.272 e. The fourth-order valence-electron chi connectivity index (χ4n) is 1.92. The number of phenolic OH excluding ortho intramolecular Hbond substituents is 2. The summed E-state index contributed by atoms with van der Waals surface area (Å²) in [6.07, 6.45) is 0. The van der Waals surface area contributed by atoms with Crippen LogP contribution in [0.1, 0.15) is 18.5 Å². The molecule has 0 saturated carbocycles. The Kier molecular flexibility index (Phi) is 3.93. The van der Waals surface area contributed by atoms with E-state index < -0.39 is 16.8 Å². The third-order valence-electron chi connectivity index (χ3n) is 2.96. The number of hydrogen-bond acceptors (Lipinski definition) is 5. The van der Waals surface area contributed by atoms with Gasteiger partial charge in [0.25, 0.3) is 5.69 Å². The maximum atomic E-state index is 13.8. The van der Waals surface area contributed by atoms with Gasteiger partial charge in [0, 0.05) is 18.2 Å². The van der Waals surface area contributed by atoms with Gasteiger partial charge in [-0.2, -0.15) is 0 Å². The van der Waals surface area contributed by atoms with E-state index in [0.717, 1.165) is 6.07 Å². The van der Waals surface area contributed by atoms with E-state index in [1.807, 2.05) is 0 Å². The fraction of sp³-hybridized carbons (Fsp3) is 0.143. The van der Waals surface area contributed by atoms with E-state index in [1.165, 1.54) is 30.3 Å². The fourth-order valence-corrected chi connectivity index (χ4v) is 1.92. The highest BCUT2D eigenvalue weighted by Gasteiger charge is 2.14. The van der Waals surface area contributed by atoms with Gasteiger partial charge in [-0.25, -0.2) is 4.39 Å². The molecule has 1 unspecified atom stereocenters. The van der Waals surface area contributed by atoms with Crippen LogP contribution in [0.2, 0.25) is 0 Å². The van der Waals surface area contributed by atoms with Crippen molar-refractivity contribution in [2.24, 2.45) is 0 Å². The number of nitro groups is 1. The van der Waals surface area contributed by atoms with Crippen LogP contribution in [0.4, 0.5) is 15.8 Å². The summed E-state index contributed by atoms with van der Waals surface area (Å²) in [5, 5.41) is 32.2. The Labute approximate surface area is 119 Å². The van der Waals surface area contributed by atoms with Gasteiger partial charge < -0.3 is 15.5 Å². The van der Waals surface area contributed by atoms with Crippen molar-refractivity contribution in [3.8, 4) is 11.5 Å². The molecule has 0 bridgehead atoms. The smallest absolute Gasteiger partial charge is 0.272 e. The van der Waals surface area contributed by atoms with Gasteiger partial charge in [0.05, 0.1) is 16.7 Å². The van der Waals surface area contributed by atoms with Gasteiger partial charge in [-0.1, -0.05) is 0 Å². The molecule has 0 aliphatic rings. The van der Waals surface area contributed by atoms with Crippen molar-refractivity contribution in [1.82, 2.24) is 0 Å². The summed E-state index contributed by atoms with van der Waals surface area (Å²) in [5.74, 6) is -0.967. The molecule has 0 amide bonds. The van der Waals surface area contributed by atoms with Gasteiger partial charge in [0.15, 0.2) is 5.82 Å². The molecule has 0 aromatic heterocycles. The number of hydrogen-bond donors (Lipinski definition) is 3. The number of nitro benzene ring substituents is 1. The highest BCUT2D eigenvalue weighted by Crippen LogP contribution is 2.28. The number of non-ortho nitro benzene ring substituents is 1. The average molecular weight is 292 g/mol. The van der Waals surface area contributed by atoms with E-state index in [-0.39, 0.29) is 22.9 Å². The number of aromatic hydroxyl groups is 2. The molecule has 0 radical (unpaired) electrons. The maximum absolute atomic E-state index is 13.8. The monoisotopic (exact) mass is 292 g/mol. The van der Waals surface area contributed by atoms with Gasteiger partial charge in [0.2, 0.25) is 0 Å². The van der Waals surface area contributed by atoms with Crippen LogP contribution < -0.4 is 5.32 Å². The number of anilines is 1. The van der Waals surface area contributed by atoms with E-state index in [2.05, 4.69) is 5.32 Å². The Morgan fingerprint density at radius 3 is 2.33 bits per heavy atom. The lowest BCUT2D eigenvalue weighted by Gasteiger charge is -2.16. The second-order valence-electron chi connectivity index (χ2n) is 4.57. The summed E-state index contributed by atoms with van der Waals surface area (Å²) in [6.45, 7) is 1.70. The highest BCUT2D eigenvalue weighted by atomic mass is 19.1. The van der Waals surface area contributed by atoms with Gasteiger partial charge in [-0.05, 0) is 30.7 Å². The number of phenols is 2. The lowest BCUT2D eigenvalue weighted by Crippen LogP contribution is -2.08. The van der Waals surface area contributed by atoms with Gasteiger partial charge >= 0.3 is 0 Å². The molecule has 110 valence electrons. The van der Waals surface area contributed by atoms with Crippen molar-refractivity contribution in [2.75, 3.05) is 5.32 Å². The van der Waals surface area contributed by atoms with Gasteiger partial charge in [0.1, 0.15) is 11.5 Å². The first-order chi connectivity index (χ1) is 9.86. The van der Waals surface area contributed by atoms with Crippen LogP contribution in [0.3, 0.4) is 0 Å². The SMILES string of the molecule is CC(Nc1ccc([N+](=O)[O-])cc1F)c1cc(O)cc(O)c1. The molecular weight excluding hydrogens is 279 g/mol. The third kappa shape index (κ3) is 3.38. The summed E-state index contributed by atoms with van der Waals surface area (Å²) in [4.78, 5) is 9.87. The molecule has 2 aromatic carbocycles. The summed E-state index contributed by atoms with van der Waals surface area (Å²) < 4.78 is 13.8. The molecule has 6 nitrogen and oxygen atoms in total. The Hall–Kier alpha value is -2.83. The van der Waals surface area contributed by atoms with E-state index in [1.54, 1.807) is 6.92 Å². The second kappa shape index (κ2) is 5.66. The summed E-state index contributed by atoms with van der Waals surface area (Å²) in [5.41, 5.74) is 0.307. The predicted molar refractivity (Wildman–Crippen MR) is 74.9 cm³/mol. The van der Waals surface area contributed by atoms with Crippen LogP contribution in [0.25, 0.3) is 0 Å². The van der Waals surface area contributed by atoms with Crippen molar-refractivity contribution in [1.29, 1.82) is 0 Å². The zero-order valence-electron chi connectivity index (χ0n) is 11.1. The summed E-state index contributed by atoms with van der Waals surface area (Å²) in [6, 6.07) is 6.92. The Balaban J connectivity index is 2.23. The Bertz CT molecular complexity index is 670. The number of rotatable bonds is 4. The number of nitrogens with one attached hydrogen (secondary N) is 1. The molecule has 2 aromatic rings. The topological polar surface area (TPSA) is 95.6 Å². The lowest BCUT2D eigenvalue weighted by molar-refractivity contribution is -0.385. The molecule has 0 fully saturated rings. The average Bonchev–Trinajstić information content (AvgIpc) is 2.39. The van der Waals surface area contributed by atoms with Crippen LogP contribution in [0, 0.1) is 15.9 Å². The van der Waals surface area contributed by atoms with Crippen molar-refractivity contribution in [3.05, 3.63) is 57.9 Å². The zero-order chi connectivity index (χ0) is 15.6. The van der Waals surface area contributed by atoms with Crippen LogP contribution in [0.15, 0.2) is 36.4 Å². The van der Waals surface area contributed by atoms with E-state index in [4.69, 9.17) is 0 Å². The molecule has 0 saturated heterocycles. The molecule has 7 heteroatoms. The van der Waals surface area contributed by atoms with Crippen molar-refractivity contribution >= 4 is 11.4 Å². The third-order valence-corrected chi connectivity index (χ3v) is 2.96. The molecule has 1 atom stereocenters. The van der Waals surface area contributed by atoms with E-state index in [0.29, 0.717) is 5.56 Å². The molecule has 0 aliphatic heterocycles. The standard InChI is InChI=1S/C14H13FN2O4/c1-8(9-4-11(18)7-12(19)5-9)16-14-3-2-10(17(20)21)6-13(14)15/h2-8,16,18-19H,1H3. The lowest BCUT2D eigenvalue weighted by atomic mass is 10.1. The predicted octanol–water partition coefficient (Wildman–Crippen LogP) is 3.32. The second-order valence-corrected chi connectivity index (χ2v) is 4.57. The molecule has 0 spiro atoms. The minimum absolute atomic E-state index is 0.0935. The number of benzene rings is 2. The van der Waals surface area contributed by atoms with E-state index >= 15 is 0 Å². The first-order valence-corrected chi connectivity index (χ1v) is 6.10. The molecule has 2 rings (SSSR count). The zero-order valence-corrected chi connectivity index (χ0v) is 11.1. The molecule has 0 aliphatic carbocycles. The van der Waals surface area contributed by atoms with Crippen molar-refractivity contribution < 1.29 is 19.5 Å². The molecule has 21 heavy (non-hydrogen) atoms. The van der Waals surface area contributed by atoms with Crippen LogP contribution in [-0.4, -0.2) is 15.1 Å².